The van der Waals surface area contributed by atoms with Crippen LogP contribution in [-0.2, 0) is 6.61 Å². The second-order valence-electron chi connectivity index (χ2n) is 10.1. The summed E-state index contributed by atoms with van der Waals surface area (Å²) >= 11 is 0. The Bertz CT molecular complexity index is 1210. The molecule has 0 bridgehead atoms. The van der Waals surface area contributed by atoms with Gasteiger partial charge in [0.2, 0.25) is 5.95 Å². The Morgan fingerprint density at radius 2 is 1.51 bits per heavy atom. The molecule has 4 heterocycles. The van der Waals surface area contributed by atoms with Crippen molar-refractivity contribution >= 4 is 11.6 Å². The van der Waals surface area contributed by atoms with Gasteiger partial charge >= 0.3 is 0 Å². The first-order valence-corrected chi connectivity index (χ1v) is 13.2. The van der Waals surface area contributed by atoms with Crippen LogP contribution in [0.2, 0.25) is 0 Å². The van der Waals surface area contributed by atoms with Crippen molar-refractivity contribution in [1.82, 2.24) is 29.5 Å². The fourth-order valence-electron chi connectivity index (χ4n) is 5.28. The predicted molar refractivity (Wildman–Crippen MR) is 142 cm³/mol. The molecule has 0 unspecified atom stereocenters. The summed E-state index contributed by atoms with van der Waals surface area (Å²) in [4.78, 5) is 13.6. The summed E-state index contributed by atoms with van der Waals surface area (Å²) in [5, 5.41) is 7.71. The lowest BCUT2D eigenvalue weighted by Gasteiger charge is -2.41. The lowest BCUT2D eigenvalue weighted by Crippen LogP contribution is -2.47. The second-order valence-corrected chi connectivity index (χ2v) is 10.1. The fraction of sp³-hybridized carbons (Fsp3) is 0.519. The summed E-state index contributed by atoms with van der Waals surface area (Å²) in [6.45, 7) is 4.18. The second kappa shape index (κ2) is 12.1. The lowest BCUT2D eigenvalue weighted by molar-refractivity contribution is 0.0851. The molecule has 0 aliphatic carbocycles. The van der Waals surface area contributed by atoms with Gasteiger partial charge in [-0.05, 0) is 45.8 Å². The first-order valence-electron chi connectivity index (χ1n) is 13.2. The highest BCUT2D eigenvalue weighted by Gasteiger charge is 2.28. The molecule has 1 N–H and O–H groups in total. The molecule has 0 radical (unpaired) electrons. The van der Waals surface area contributed by atoms with Crippen LogP contribution in [-0.4, -0.2) is 83.0 Å². The van der Waals surface area contributed by atoms with E-state index in [1.165, 1.54) is 52.5 Å². The van der Waals surface area contributed by atoms with E-state index in [-0.39, 0.29) is 29.4 Å². The van der Waals surface area contributed by atoms with Crippen molar-refractivity contribution in [3.63, 3.8) is 0 Å². The summed E-state index contributed by atoms with van der Waals surface area (Å²) in [5.74, 6) is -1.34. The fourth-order valence-corrected chi connectivity index (χ4v) is 5.28. The Labute approximate surface area is 226 Å². The van der Waals surface area contributed by atoms with Gasteiger partial charge in [0.05, 0.1) is 50.1 Å². The highest BCUT2D eigenvalue weighted by atomic mass is 19.1. The average Bonchev–Trinajstić information content (AvgIpc) is 3.43. The van der Waals surface area contributed by atoms with Crippen LogP contribution in [0.4, 0.5) is 20.4 Å². The quantitative estimate of drug-likeness (QED) is 0.430. The molecule has 210 valence electrons. The van der Waals surface area contributed by atoms with Crippen LogP contribution >= 0.6 is 0 Å². The smallest absolute Gasteiger partial charge is 0.227 e. The van der Waals surface area contributed by atoms with E-state index < -0.39 is 11.6 Å². The summed E-state index contributed by atoms with van der Waals surface area (Å²) in [7, 11) is 4.79. The van der Waals surface area contributed by atoms with Crippen molar-refractivity contribution in [2.24, 2.45) is 0 Å². The maximum atomic E-state index is 14.6. The van der Waals surface area contributed by atoms with E-state index in [4.69, 9.17) is 14.2 Å². The Kier molecular flexibility index (Phi) is 8.41. The zero-order chi connectivity index (χ0) is 27.4. The SMILES string of the molecule is COc1cc(OC)c(F)c(COc2cnc(Nc3cnn(C4CCN(C5CCN(C)CC5)CC4)c3)nc2)c1F. The van der Waals surface area contributed by atoms with Gasteiger partial charge in [0.25, 0.3) is 0 Å². The molecule has 2 aliphatic rings. The summed E-state index contributed by atoms with van der Waals surface area (Å²) in [6.07, 6.45) is 11.3. The van der Waals surface area contributed by atoms with Crippen molar-refractivity contribution in [2.45, 2.75) is 44.4 Å². The van der Waals surface area contributed by atoms with Gasteiger partial charge in [-0.1, -0.05) is 0 Å². The van der Waals surface area contributed by atoms with Crippen LogP contribution in [0.1, 0.15) is 37.3 Å². The third kappa shape index (κ3) is 6.22. The van der Waals surface area contributed by atoms with Gasteiger partial charge in [-0.2, -0.15) is 5.10 Å². The number of nitrogens with zero attached hydrogens (tertiary/aromatic N) is 6. The van der Waals surface area contributed by atoms with E-state index in [9.17, 15) is 8.78 Å². The van der Waals surface area contributed by atoms with Crippen molar-refractivity contribution < 1.29 is 23.0 Å². The molecule has 12 heteroatoms. The Morgan fingerprint density at radius 1 is 0.897 bits per heavy atom. The molecule has 2 fully saturated rings. The Morgan fingerprint density at radius 3 is 2.13 bits per heavy atom. The molecule has 0 saturated carbocycles. The maximum absolute atomic E-state index is 14.6. The van der Waals surface area contributed by atoms with Crippen LogP contribution in [0, 0.1) is 11.6 Å². The highest BCUT2D eigenvalue weighted by molar-refractivity contribution is 5.50. The highest BCUT2D eigenvalue weighted by Crippen LogP contribution is 2.32. The standard InChI is InChI=1S/C27H35F2N7O3/c1-34-8-4-19(5-9-34)35-10-6-20(7-11-35)36-16-18(13-32-36)33-27-30-14-21(15-31-27)39-17-22-25(28)23(37-2)12-24(38-3)26(22)29/h12-16,19-20H,4-11,17H2,1-3H3,(H,30,31,33). The minimum Gasteiger partial charge on any atom is -0.494 e. The first-order chi connectivity index (χ1) is 18.9. The number of halogens is 2. The molecule has 0 atom stereocenters. The zero-order valence-electron chi connectivity index (χ0n) is 22.6. The van der Waals surface area contributed by atoms with Crippen molar-refractivity contribution in [2.75, 3.05) is 52.8 Å². The third-order valence-corrected chi connectivity index (χ3v) is 7.61. The Hall–Kier alpha value is -3.51. The lowest BCUT2D eigenvalue weighted by atomic mass is 9.98. The average molecular weight is 544 g/mol. The number of methoxy groups -OCH3 is 2. The minimum absolute atomic E-state index is 0.133. The summed E-state index contributed by atoms with van der Waals surface area (Å²) < 4.78 is 46.6. The number of likely N-dealkylation sites (tertiary alicyclic amines) is 2. The van der Waals surface area contributed by atoms with Gasteiger partial charge in [-0.3, -0.25) is 4.68 Å². The van der Waals surface area contributed by atoms with Crippen molar-refractivity contribution in [3.8, 4) is 17.2 Å². The molecule has 0 spiro atoms. The number of aromatic nitrogens is 4. The van der Waals surface area contributed by atoms with Crippen LogP contribution in [0.3, 0.4) is 0 Å². The number of benzene rings is 1. The number of anilines is 2. The molecule has 3 aromatic rings. The third-order valence-electron chi connectivity index (χ3n) is 7.61. The molecule has 2 aliphatic heterocycles. The first kappa shape index (κ1) is 27.1. The number of piperidine rings is 2. The topological polar surface area (TPSA) is 89.8 Å². The molecule has 5 rings (SSSR count). The number of hydrogen-bond donors (Lipinski definition) is 1. The van der Waals surface area contributed by atoms with Gasteiger partial charge < -0.3 is 29.3 Å². The maximum Gasteiger partial charge on any atom is 0.227 e. The molecular formula is C27H35F2N7O3. The largest absolute Gasteiger partial charge is 0.494 e. The van der Waals surface area contributed by atoms with Crippen molar-refractivity contribution in [1.29, 1.82) is 0 Å². The summed E-state index contributed by atoms with van der Waals surface area (Å²) in [5.41, 5.74) is 0.479. The zero-order valence-corrected chi connectivity index (χ0v) is 22.6. The molecule has 39 heavy (non-hydrogen) atoms. The van der Waals surface area contributed by atoms with Gasteiger partial charge in [0.1, 0.15) is 6.61 Å². The van der Waals surface area contributed by atoms with Gasteiger partial charge in [-0.15, -0.1) is 0 Å². The molecule has 2 aromatic heterocycles. The number of rotatable bonds is 9. The van der Waals surface area contributed by atoms with Crippen LogP contribution in [0.25, 0.3) is 0 Å². The number of hydrogen-bond acceptors (Lipinski definition) is 9. The van der Waals surface area contributed by atoms with Gasteiger partial charge in [0.15, 0.2) is 28.9 Å². The molecule has 10 nitrogen and oxygen atoms in total. The molecule has 0 amide bonds. The van der Waals surface area contributed by atoms with Crippen molar-refractivity contribution in [3.05, 3.63) is 48.1 Å². The predicted octanol–water partition coefficient (Wildman–Crippen LogP) is 4.02. The van der Waals surface area contributed by atoms with E-state index >= 15 is 0 Å². The minimum atomic E-state index is -0.848. The molecule has 1 aromatic carbocycles. The van der Waals surface area contributed by atoms with E-state index in [1.54, 1.807) is 6.20 Å². The number of ether oxygens (including phenoxy) is 3. The van der Waals surface area contributed by atoms with E-state index in [1.807, 2.05) is 10.9 Å². The number of nitrogens with one attached hydrogen (secondary N) is 1. The normalized spacial score (nSPS) is 17.8. The van der Waals surface area contributed by atoms with Crippen LogP contribution in [0.15, 0.2) is 30.9 Å². The van der Waals surface area contributed by atoms with Crippen LogP contribution < -0.4 is 19.5 Å². The molecular weight excluding hydrogens is 508 g/mol. The van der Waals surface area contributed by atoms with E-state index in [2.05, 4.69) is 37.2 Å². The van der Waals surface area contributed by atoms with Gasteiger partial charge in [0, 0.05) is 31.4 Å². The molecule has 2 saturated heterocycles. The van der Waals surface area contributed by atoms with Gasteiger partial charge in [-0.25, -0.2) is 18.7 Å². The summed E-state index contributed by atoms with van der Waals surface area (Å²) in [6, 6.07) is 2.23. The monoisotopic (exact) mass is 543 g/mol. The Balaban J connectivity index is 1.13. The van der Waals surface area contributed by atoms with Crippen LogP contribution in [0.5, 0.6) is 17.2 Å². The van der Waals surface area contributed by atoms with E-state index in [0.29, 0.717) is 18.0 Å². The van der Waals surface area contributed by atoms with E-state index in [0.717, 1.165) is 37.7 Å².